The summed E-state index contributed by atoms with van der Waals surface area (Å²) in [5.74, 6) is -0.962. The highest BCUT2D eigenvalue weighted by molar-refractivity contribution is 5.80. The number of carboxylic acid groups (broad SMARTS) is 1. The van der Waals surface area contributed by atoms with Crippen molar-refractivity contribution in [3.05, 3.63) is 0 Å². The van der Waals surface area contributed by atoms with Gasteiger partial charge in [-0.3, -0.25) is 4.79 Å². The summed E-state index contributed by atoms with van der Waals surface area (Å²) in [6.45, 7) is 5.05. The van der Waals surface area contributed by atoms with Crippen LogP contribution in [0.25, 0.3) is 0 Å². The summed E-state index contributed by atoms with van der Waals surface area (Å²) in [4.78, 5) is 24.8. The first-order chi connectivity index (χ1) is 9.85. The fraction of sp³-hybridized carbons (Fsp3) is 0.867. The molecule has 0 atom stereocenters. The molecule has 0 aromatic rings. The van der Waals surface area contributed by atoms with Gasteiger partial charge in [0.15, 0.2) is 0 Å². The average molecular weight is 300 g/mol. The van der Waals surface area contributed by atoms with E-state index in [2.05, 4.69) is 19.2 Å². The number of methoxy groups -OCH3 is 1. The minimum atomic E-state index is -0.962. The largest absolute Gasteiger partial charge is 0.480 e. The van der Waals surface area contributed by atoms with Crippen molar-refractivity contribution >= 4 is 12.0 Å². The van der Waals surface area contributed by atoms with Gasteiger partial charge in [0, 0.05) is 26.3 Å². The number of rotatable bonds is 8. The van der Waals surface area contributed by atoms with Gasteiger partial charge in [0.2, 0.25) is 0 Å². The Kier molecular flexibility index (Phi) is 6.95. The topological polar surface area (TPSA) is 78.9 Å². The van der Waals surface area contributed by atoms with E-state index in [-0.39, 0.29) is 24.0 Å². The molecule has 122 valence electrons. The Hall–Kier alpha value is -1.30. The highest BCUT2D eigenvalue weighted by Crippen LogP contribution is 2.24. The number of carboxylic acids is 1. The Morgan fingerprint density at radius 2 is 1.95 bits per heavy atom. The van der Waals surface area contributed by atoms with E-state index in [1.807, 2.05) is 0 Å². The Labute approximate surface area is 126 Å². The van der Waals surface area contributed by atoms with Crippen molar-refractivity contribution in [1.29, 1.82) is 0 Å². The number of amides is 2. The van der Waals surface area contributed by atoms with Gasteiger partial charge in [0.25, 0.3) is 0 Å². The van der Waals surface area contributed by atoms with E-state index in [0.29, 0.717) is 13.2 Å². The number of urea groups is 1. The third kappa shape index (κ3) is 6.33. The molecule has 1 saturated carbocycles. The van der Waals surface area contributed by atoms with Gasteiger partial charge >= 0.3 is 12.0 Å². The van der Waals surface area contributed by atoms with Gasteiger partial charge < -0.3 is 20.1 Å². The third-order valence-electron chi connectivity index (χ3n) is 4.03. The van der Waals surface area contributed by atoms with Crippen molar-refractivity contribution in [2.45, 2.75) is 52.0 Å². The molecule has 0 bridgehead atoms. The van der Waals surface area contributed by atoms with Crippen LogP contribution in [0.3, 0.4) is 0 Å². The number of hydrogen-bond acceptors (Lipinski definition) is 3. The summed E-state index contributed by atoms with van der Waals surface area (Å²) in [6, 6.07) is -0.210. The maximum atomic E-state index is 12.3. The van der Waals surface area contributed by atoms with Gasteiger partial charge in [0.05, 0.1) is 0 Å². The van der Waals surface area contributed by atoms with Crippen molar-refractivity contribution in [1.82, 2.24) is 10.2 Å². The molecular formula is C15H28N2O4. The van der Waals surface area contributed by atoms with Crippen LogP contribution >= 0.6 is 0 Å². The van der Waals surface area contributed by atoms with Gasteiger partial charge in [0.1, 0.15) is 6.54 Å². The highest BCUT2D eigenvalue weighted by Gasteiger charge is 2.29. The van der Waals surface area contributed by atoms with Crippen LogP contribution in [0.2, 0.25) is 0 Å². The number of nitrogens with one attached hydrogen (secondary N) is 1. The van der Waals surface area contributed by atoms with Crippen LogP contribution in [0.15, 0.2) is 0 Å². The van der Waals surface area contributed by atoms with Crippen LogP contribution in [0.1, 0.15) is 46.0 Å². The second-order valence-corrected chi connectivity index (χ2v) is 6.53. The van der Waals surface area contributed by atoms with Crippen LogP contribution in [-0.2, 0) is 9.53 Å². The van der Waals surface area contributed by atoms with Crippen molar-refractivity contribution < 1.29 is 19.4 Å². The molecule has 1 rings (SSSR count). The molecule has 0 aromatic carbocycles. The molecule has 0 saturated heterocycles. The van der Waals surface area contributed by atoms with E-state index < -0.39 is 5.97 Å². The summed E-state index contributed by atoms with van der Waals surface area (Å²) in [5, 5.41) is 11.9. The second-order valence-electron chi connectivity index (χ2n) is 6.53. The van der Waals surface area contributed by atoms with Crippen LogP contribution in [0, 0.1) is 5.41 Å². The Morgan fingerprint density at radius 3 is 2.48 bits per heavy atom. The zero-order valence-corrected chi connectivity index (χ0v) is 13.4. The van der Waals surface area contributed by atoms with Crippen LogP contribution in [-0.4, -0.2) is 54.9 Å². The normalized spacial score (nSPS) is 16.0. The number of carbonyl (C=O) groups is 2. The number of nitrogens with zero attached hydrogens (tertiary/aromatic N) is 1. The molecule has 0 unspecified atom stereocenters. The summed E-state index contributed by atoms with van der Waals surface area (Å²) in [7, 11) is 1.66. The first-order valence-corrected chi connectivity index (χ1v) is 7.61. The molecular weight excluding hydrogens is 272 g/mol. The monoisotopic (exact) mass is 300 g/mol. The maximum Gasteiger partial charge on any atom is 0.323 e. The molecule has 1 aliphatic rings. The zero-order valence-electron chi connectivity index (χ0n) is 13.4. The third-order valence-corrected chi connectivity index (χ3v) is 4.03. The maximum absolute atomic E-state index is 12.3. The van der Waals surface area contributed by atoms with Crippen LogP contribution < -0.4 is 5.32 Å². The van der Waals surface area contributed by atoms with Crippen molar-refractivity contribution in [2.24, 2.45) is 5.41 Å². The van der Waals surface area contributed by atoms with E-state index in [1.54, 1.807) is 7.11 Å². The molecule has 0 spiro atoms. The Bertz CT molecular complexity index is 352. The predicted octanol–water partition coefficient (Wildman–Crippen LogP) is 2.09. The first kappa shape index (κ1) is 17.8. The lowest BCUT2D eigenvalue weighted by Gasteiger charge is -2.30. The molecule has 0 radical (unpaired) electrons. The Balaban J connectivity index is 2.53. The van der Waals surface area contributed by atoms with Crippen molar-refractivity contribution in [2.75, 3.05) is 26.8 Å². The minimum absolute atomic E-state index is 0.0585. The van der Waals surface area contributed by atoms with Gasteiger partial charge in [-0.05, 0) is 24.7 Å². The molecule has 6 nitrogen and oxygen atoms in total. The zero-order chi connectivity index (χ0) is 15.9. The highest BCUT2D eigenvalue weighted by atomic mass is 16.5. The number of hydrogen-bond donors (Lipinski definition) is 2. The fourth-order valence-electron chi connectivity index (χ4n) is 2.61. The van der Waals surface area contributed by atoms with E-state index in [1.165, 1.54) is 4.90 Å². The van der Waals surface area contributed by atoms with Gasteiger partial charge in [-0.2, -0.15) is 0 Å². The van der Waals surface area contributed by atoms with Crippen LogP contribution in [0.5, 0.6) is 0 Å². The van der Waals surface area contributed by atoms with Gasteiger partial charge in [-0.15, -0.1) is 0 Å². The lowest BCUT2D eigenvalue weighted by molar-refractivity contribution is -0.138. The summed E-state index contributed by atoms with van der Waals surface area (Å²) < 4.78 is 5.07. The molecule has 0 aliphatic heterocycles. The van der Waals surface area contributed by atoms with E-state index in [0.717, 1.165) is 32.1 Å². The second kappa shape index (κ2) is 8.22. The molecule has 21 heavy (non-hydrogen) atoms. The molecule has 0 aromatic heterocycles. The summed E-state index contributed by atoms with van der Waals surface area (Å²) >= 11 is 0. The molecule has 2 amide bonds. The molecule has 6 heteroatoms. The number of ether oxygens (including phenoxy) is 1. The summed E-state index contributed by atoms with van der Waals surface area (Å²) in [5.41, 5.74) is -0.0732. The van der Waals surface area contributed by atoms with E-state index in [9.17, 15) is 9.59 Å². The quantitative estimate of drug-likeness (QED) is 0.719. The molecule has 1 fully saturated rings. The Morgan fingerprint density at radius 1 is 1.33 bits per heavy atom. The lowest BCUT2D eigenvalue weighted by atomic mass is 9.90. The molecule has 0 heterocycles. The van der Waals surface area contributed by atoms with Gasteiger partial charge in [-0.1, -0.05) is 26.7 Å². The first-order valence-electron chi connectivity index (χ1n) is 7.61. The standard InChI is InChI=1S/C15H28N2O4/c1-15(2,8-9-21-3)11-16-14(20)17(10-13(18)19)12-6-4-5-7-12/h12H,4-11H2,1-3H3,(H,16,20)(H,18,19). The van der Waals surface area contributed by atoms with Crippen molar-refractivity contribution in [3.8, 4) is 0 Å². The SMILES string of the molecule is COCCC(C)(C)CNC(=O)N(CC(=O)O)C1CCCC1. The minimum Gasteiger partial charge on any atom is -0.480 e. The number of carbonyl (C=O) groups excluding carboxylic acids is 1. The predicted molar refractivity (Wildman–Crippen MR) is 80.3 cm³/mol. The average Bonchev–Trinajstić information content (AvgIpc) is 2.93. The summed E-state index contributed by atoms with van der Waals surface area (Å²) in [6.07, 6.45) is 4.76. The fourth-order valence-corrected chi connectivity index (χ4v) is 2.61. The smallest absolute Gasteiger partial charge is 0.323 e. The number of aliphatic carboxylic acids is 1. The molecule has 1 aliphatic carbocycles. The van der Waals surface area contributed by atoms with Crippen LogP contribution in [0.4, 0.5) is 4.79 Å². The van der Waals surface area contributed by atoms with Crippen molar-refractivity contribution in [3.63, 3.8) is 0 Å². The van der Waals surface area contributed by atoms with E-state index >= 15 is 0 Å². The lowest BCUT2D eigenvalue weighted by Crippen LogP contribution is -2.49. The van der Waals surface area contributed by atoms with E-state index in [4.69, 9.17) is 9.84 Å². The molecule has 2 N–H and O–H groups in total. The van der Waals surface area contributed by atoms with Gasteiger partial charge in [-0.25, -0.2) is 4.79 Å².